The lowest BCUT2D eigenvalue weighted by molar-refractivity contribution is 0.102. The molecule has 21 heavy (non-hydrogen) atoms. The van der Waals surface area contributed by atoms with Gasteiger partial charge < -0.3 is 10.4 Å². The fraction of sp³-hybridized carbons (Fsp3) is 0.0625. The number of hydrogen-bond acceptors (Lipinski definition) is 2. The molecule has 0 heterocycles. The first kappa shape index (κ1) is 15.0. The quantitative estimate of drug-likeness (QED) is 0.838. The molecule has 0 unspecified atom stereocenters. The number of benzene rings is 2. The van der Waals surface area contributed by atoms with E-state index in [-0.39, 0.29) is 12.2 Å². The van der Waals surface area contributed by atoms with Crippen LogP contribution < -0.4 is 5.32 Å². The van der Waals surface area contributed by atoms with Gasteiger partial charge in [-0.25, -0.2) is 4.39 Å². The summed E-state index contributed by atoms with van der Waals surface area (Å²) in [5.74, 6) is 3.84. The number of aliphatic hydroxyl groups excluding tert-OH is 1. The summed E-state index contributed by atoms with van der Waals surface area (Å²) >= 11 is 5.92. The molecule has 0 aromatic heterocycles. The van der Waals surface area contributed by atoms with Gasteiger partial charge in [-0.2, -0.15) is 0 Å². The molecule has 0 aliphatic heterocycles. The topological polar surface area (TPSA) is 49.3 Å². The molecular weight excluding hydrogens is 293 g/mol. The second kappa shape index (κ2) is 6.89. The minimum Gasteiger partial charge on any atom is -0.384 e. The second-order valence-electron chi connectivity index (χ2n) is 4.09. The first-order chi connectivity index (χ1) is 10.1. The Morgan fingerprint density at radius 1 is 1.29 bits per heavy atom. The Hall–Kier alpha value is -2.35. The van der Waals surface area contributed by atoms with Crippen LogP contribution in [0.1, 0.15) is 15.9 Å². The van der Waals surface area contributed by atoms with E-state index >= 15 is 0 Å². The Kier molecular flexibility index (Phi) is 4.94. The number of anilines is 1. The van der Waals surface area contributed by atoms with E-state index in [0.717, 1.165) is 6.07 Å². The predicted octanol–water partition coefficient (Wildman–Crippen LogP) is 3.08. The molecule has 0 radical (unpaired) electrons. The molecule has 0 bridgehead atoms. The van der Waals surface area contributed by atoms with Crippen molar-refractivity contribution in [2.24, 2.45) is 0 Å². The van der Waals surface area contributed by atoms with Crippen LogP contribution in [0.15, 0.2) is 42.5 Å². The number of aliphatic hydroxyl groups is 1. The fourth-order valence-corrected chi connectivity index (χ4v) is 1.89. The van der Waals surface area contributed by atoms with E-state index in [1.54, 1.807) is 24.3 Å². The van der Waals surface area contributed by atoms with Crippen LogP contribution in [0.2, 0.25) is 5.02 Å². The maximum absolute atomic E-state index is 13.7. The van der Waals surface area contributed by atoms with E-state index in [1.807, 2.05) is 0 Å². The van der Waals surface area contributed by atoms with Gasteiger partial charge in [0.25, 0.3) is 5.91 Å². The van der Waals surface area contributed by atoms with E-state index in [4.69, 9.17) is 16.7 Å². The van der Waals surface area contributed by atoms with Crippen molar-refractivity contribution in [1.82, 2.24) is 0 Å². The van der Waals surface area contributed by atoms with Crippen LogP contribution >= 0.6 is 11.6 Å². The van der Waals surface area contributed by atoms with Crippen molar-refractivity contribution in [3.8, 4) is 11.8 Å². The smallest absolute Gasteiger partial charge is 0.257 e. The second-order valence-corrected chi connectivity index (χ2v) is 4.50. The minimum atomic E-state index is -0.576. The van der Waals surface area contributed by atoms with Crippen molar-refractivity contribution < 1.29 is 14.3 Å². The zero-order valence-corrected chi connectivity index (χ0v) is 11.6. The molecule has 2 aromatic carbocycles. The molecular formula is C16H11ClFNO2. The van der Waals surface area contributed by atoms with Crippen molar-refractivity contribution in [2.45, 2.75) is 0 Å². The molecule has 0 saturated carbocycles. The highest BCUT2D eigenvalue weighted by atomic mass is 35.5. The van der Waals surface area contributed by atoms with E-state index in [1.165, 1.54) is 12.1 Å². The van der Waals surface area contributed by atoms with E-state index in [9.17, 15) is 9.18 Å². The summed E-state index contributed by atoms with van der Waals surface area (Å²) in [6.07, 6.45) is 0. The first-order valence-electron chi connectivity index (χ1n) is 6.07. The normalized spacial score (nSPS) is 9.67. The highest BCUT2D eigenvalue weighted by Crippen LogP contribution is 2.18. The summed E-state index contributed by atoms with van der Waals surface area (Å²) in [5.41, 5.74) is 0.760. The van der Waals surface area contributed by atoms with Gasteiger partial charge in [0.15, 0.2) is 0 Å². The number of rotatable bonds is 2. The maximum Gasteiger partial charge on any atom is 0.257 e. The predicted molar refractivity (Wildman–Crippen MR) is 79.8 cm³/mol. The number of amides is 1. The van der Waals surface area contributed by atoms with Crippen molar-refractivity contribution in [1.29, 1.82) is 0 Å². The van der Waals surface area contributed by atoms with Crippen LogP contribution in [0, 0.1) is 17.7 Å². The number of carbonyl (C=O) groups excluding carboxylic acids is 1. The molecule has 2 rings (SSSR count). The zero-order chi connectivity index (χ0) is 15.2. The van der Waals surface area contributed by atoms with Gasteiger partial charge in [0, 0.05) is 5.69 Å². The molecule has 2 aromatic rings. The lowest BCUT2D eigenvalue weighted by atomic mass is 10.1. The van der Waals surface area contributed by atoms with Crippen molar-refractivity contribution in [2.75, 3.05) is 11.9 Å². The molecule has 3 nitrogen and oxygen atoms in total. The SMILES string of the molecule is O=C(Nc1ccc(C#CCO)c(F)c1)c1ccccc1Cl. The third-order valence-electron chi connectivity index (χ3n) is 2.65. The van der Waals surface area contributed by atoms with Crippen LogP contribution in [-0.4, -0.2) is 17.6 Å². The van der Waals surface area contributed by atoms with Gasteiger partial charge >= 0.3 is 0 Å². The van der Waals surface area contributed by atoms with Gasteiger partial charge in [0.2, 0.25) is 0 Å². The lowest BCUT2D eigenvalue weighted by Crippen LogP contribution is -2.12. The van der Waals surface area contributed by atoms with Gasteiger partial charge in [-0.05, 0) is 30.3 Å². The molecule has 0 saturated heterocycles. The molecule has 5 heteroatoms. The van der Waals surface area contributed by atoms with Gasteiger partial charge in [0.05, 0.1) is 16.1 Å². The Morgan fingerprint density at radius 3 is 2.71 bits per heavy atom. The molecule has 0 fully saturated rings. The molecule has 106 valence electrons. The van der Waals surface area contributed by atoms with Crippen LogP contribution in [0.25, 0.3) is 0 Å². The lowest BCUT2D eigenvalue weighted by Gasteiger charge is -2.07. The van der Waals surface area contributed by atoms with Crippen LogP contribution in [-0.2, 0) is 0 Å². The Balaban J connectivity index is 2.19. The standard InChI is InChI=1S/C16H11ClFNO2/c17-14-6-2-1-5-13(14)16(21)19-12-8-7-11(4-3-9-20)15(18)10-12/h1-2,5-8,10,20H,9H2,(H,19,21). The fourth-order valence-electron chi connectivity index (χ4n) is 1.67. The molecule has 0 spiro atoms. The summed E-state index contributed by atoms with van der Waals surface area (Å²) in [6, 6.07) is 10.7. The van der Waals surface area contributed by atoms with Crippen molar-refractivity contribution in [3.05, 3.63) is 64.4 Å². The molecule has 2 N–H and O–H groups in total. The Labute approximate surface area is 126 Å². The largest absolute Gasteiger partial charge is 0.384 e. The van der Waals surface area contributed by atoms with Gasteiger partial charge in [-0.15, -0.1) is 0 Å². The van der Waals surface area contributed by atoms with Gasteiger partial charge in [-0.1, -0.05) is 35.6 Å². The third kappa shape index (κ3) is 3.82. The summed E-state index contributed by atoms with van der Waals surface area (Å²) in [5, 5.41) is 11.5. The summed E-state index contributed by atoms with van der Waals surface area (Å²) < 4.78 is 13.7. The Bertz CT molecular complexity index is 735. The molecule has 1 amide bonds. The van der Waals surface area contributed by atoms with Crippen LogP contribution in [0.5, 0.6) is 0 Å². The number of nitrogens with one attached hydrogen (secondary N) is 1. The highest BCUT2D eigenvalue weighted by Gasteiger charge is 2.10. The van der Waals surface area contributed by atoms with Gasteiger partial charge in [0.1, 0.15) is 12.4 Å². The monoisotopic (exact) mass is 303 g/mol. The van der Waals surface area contributed by atoms with E-state index in [2.05, 4.69) is 17.2 Å². The molecule has 0 aliphatic carbocycles. The van der Waals surface area contributed by atoms with E-state index in [0.29, 0.717) is 16.3 Å². The average molecular weight is 304 g/mol. The van der Waals surface area contributed by atoms with Crippen LogP contribution in [0.4, 0.5) is 10.1 Å². The van der Waals surface area contributed by atoms with Crippen molar-refractivity contribution >= 4 is 23.2 Å². The van der Waals surface area contributed by atoms with E-state index < -0.39 is 11.7 Å². The number of halogens is 2. The summed E-state index contributed by atoms with van der Waals surface area (Å²) in [4.78, 5) is 12.0. The van der Waals surface area contributed by atoms with Gasteiger partial charge in [-0.3, -0.25) is 4.79 Å². The van der Waals surface area contributed by atoms with Crippen LogP contribution in [0.3, 0.4) is 0 Å². The molecule has 0 aliphatic rings. The summed E-state index contributed by atoms with van der Waals surface area (Å²) in [7, 11) is 0. The summed E-state index contributed by atoms with van der Waals surface area (Å²) in [6.45, 7) is -0.343. The minimum absolute atomic E-state index is 0.153. The first-order valence-corrected chi connectivity index (χ1v) is 6.45. The average Bonchev–Trinajstić information content (AvgIpc) is 2.47. The number of hydrogen-bond donors (Lipinski definition) is 2. The Morgan fingerprint density at radius 2 is 2.05 bits per heavy atom. The highest BCUT2D eigenvalue weighted by molar-refractivity contribution is 6.34. The molecule has 0 atom stereocenters. The zero-order valence-electron chi connectivity index (χ0n) is 10.9. The van der Waals surface area contributed by atoms with Crippen molar-refractivity contribution in [3.63, 3.8) is 0 Å². The third-order valence-corrected chi connectivity index (χ3v) is 2.98. The number of carbonyl (C=O) groups is 1. The maximum atomic E-state index is 13.7.